The van der Waals surface area contributed by atoms with Gasteiger partial charge in [-0.25, -0.2) is 4.99 Å². The van der Waals surface area contributed by atoms with Crippen LogP contribution in [0.2, 0.25) is 0 Å². The Labute approximate surface area is 168 Å². The van der Waals surface area contributed by atoms with E-state index in [1.165, 1.54) is 11.3 Å². The lowest BCUT2D eigenvalue weighted by Gasteiger charge is -2.20. The topological polar surface area (TPSA) is 45.5 Å². The Kier molecular flexibility index (Phi) is 8.96. The molecule has 0 aliphatic carbocycles. The average Bonchev–Trinajstić information content (AvgIpc) is 2.85. The van der Waals surface area contributed by atoms with Crippen LogP contribution in [0.25, 0.3) is 0 Å². The highest BCUT2D eigenvalue weighted by Gasteiger charge is 2.09. The molecule has 1 aromatic heterocycles. The van der Waals surface area contributed by atoms with Crippen molar-refractivity contribution in [3.05, 3.63) is 53.3 Å². The number of halogens is 1. The maximum Gasteiger partial charge on any atom is 0.193 e. The number of benzene rings is 1. The third-order valence-electron chi connectivity index (χ3n) is 3.87. The van der Waals surface area contributed by atoms with E-state index in [4.69, 9.17) is 4.99 Å². The maximum atomic E-state index is 4.70. The number of hydrogen-bond acceptors (Lipinski definition) is 2. The second-order valence-electron chi connectivity index (χ2n) is 6.62. The first-order valence-electron chi connectivity index (χ1n) is 8.46. The number of aryl methyl sites for hydroxylation is 2. The largest absolute Gasteiger partial charge is 0.356 e. The van der Waals surface area contributed by atoms with Gasteiger partial charge >= 0.3 is 0 Å². The number of hydrogen-bond donors (Lipinski definition) is 1. The molecule has 0 amide bonds. The van der Waals surface area contributed by atoms with Crippen LogP contribution < -0.4 is 5.32 Å². The molecule has 0 spiro atoms. The van der Waals surface area contributed by atoms with Crippen molar-refractivity contribution in [2.45, 2.75) is 33.9 Å². The van der Waals surface area contributed by atoms with Gasteiger partial charge in [0.2, 0.25) is 0 Å². The summed E-state index contributed by atoms with van der Waals surface area (Å²) < 4.78 is 2.08. The smallest absolute Gasteiger partial charge is 0.193 e. The molecule has 0 saturated heterocycles. The van der Waals surface area contributed by atoms with Gasteiger partial charge < -0.3 is 10.2 Å². The predicted octanol–water partition coefficient (Wildman–Crippen LogP) is 3.46. The van der Waals surface area contributed by atoms with E-state index in [0.29, 0.717) is 12.5 Å². The van der Waals surface area contributed by atoms with Crippen LogP contribution in [0, 0.1) is 19.8 Å². The maximum absolute atomic E-state index is 4.70. The van der Waals surface area contributed by atoms with Crippen LogP contribution in [0.4, 0.5) is 0 Å². The Morgan fingerprint density at radius 2 is 1.92 bits per heavy atom. The Balaban J connectivity index is 0.00000312. The first kappa shape index (κ1) is 21.5. The van der Waals surface area contributed by atoms with Gasteiger partial charge in [-0.3, -0.25) is 4.68 Å². The Hall–Kier alpha value is -1.57. The number of nitrogens with zero attached hydrogens (tertiary/aromatic N) is 4. The van der Waals surface area contributed by atoms with Gasteiger partial charge in [0.25, 0.3) is 0 Å². The molecule has 0 fully saturated rings. The van der Waals surface area contributed by atoms with E-state index in [2.05, 4.69) is 47.1 Å². The van der Waals surface area contributed by atoms with E-state index >= 15 is 0 Å². The zero-order valence-electron chi connectivity index (χ0n) is 15.9. The van der Waals surface area contributed by atoms with Crippen LogP contribution >= 0.6 is 24.0 Å². The van der Waals surface area contributed by atoms with Crippen molar-refractivity contribution in [3.8, 4) is 0 Å². The summed E-state index contributed by atoms with van der Waals surface area (Å²) in [7, 11) is 4.03. The highest BCUT2D eigenvalue weighted by Crippen LogP contribution is 2.06. The second-order valence-corrected chi connectivity index (χ2v) is 6.62. The number of nitrogens with one attached hydrogen (secondary N) is 1. The first-order chi connectivity index (χ1) is 11.5. The Bertz CT molecular complexity index is 664. The summed E-state index contributed by atoms with van der Waals surface area (Å²) in [6.07, 6.45) is 0. The highest BCUT2D eigenvalue weighted by molar-refractivity contribution is 14.0. The van der Waals surface area contributed by atoms with Gasteiger partial charge in [0.05, 0.1) is 12.2 Å². The number of rotatable bonds is 6. The molecule has 2 aromatic rings. The summed E-state index contributed by atoms with van der Waals surface area (Å²) in [6.45, 7) is 8.83. The molecule has 138 valence electrons. The minimum Gasteiger partial charge on any atom is -0.356 e. The third kappa shape index (κ3) is 7.05. The predicted molar refractivity (Wildman–Crippen MR) is 116 cm³/mol. The number of aromatic nitrogens is 2. The van der Waals surface area contributed by atoms with Gasteiger partial charge in [0.1, 0.15) is 0 Å². The summed E-state index contributed by atoms with van der Waals surface area (Å²) >= 11 is 0. The van der Waals surface area contributed by atoms with Crippen LogP contribution in [-0.4, -0.2) is 41.3 Å². The lowest BCUT2D eigenvalue weighted by Crippen LogP contribution is -2.39. The summed E-state index contributed by atoms with van der Waals surface area (Å²) in [4.78, 5) is 6.73. The second kappa shape index (κ2) is 10.4. The normalized spacial score (nSPS) is 12.4. The summed E-state index contributed by atoms with van der Waals surface area (Å²) in [5.74, 6) is 1.38. The average molecular weight is 455 g/mol. The monoisotopic (exact) mass is 455 g/mol. The lowest BCUT2D eigenvalue weighted by atomic mass is 10.2. The van der Waals surface area contributed by atoms with Crippen LogP contribution in [0.3, 0.4) is 0 Å². The SMILES string of the molecule is Cc1cc(C)n(CC(C)CNC(=NCc2ccccc2)N(C)C)n1.I. The van der Waals surface area contributed by atoms with Gasteiger partial charge in [-0.2, -0.15) is 5.10 Å². The van der Waals surface area contributed by atoms with E-state index in [1.54, 1.807) is 0 Å². The molecule has 1 unspecified atom stereocenters. The molecule has 1 atom stereocenters. The van der Waals surface area contributed by atoms with E-state index < -0.39 is 0 Å². The standard InChI is InChI=1S/C19H29N5.HI/c1-15(14-24-17(3)11-16(2)22-24)12-20-19(23(4)5)21-13-18-9-7-6-8-10-18;/h6-11,15H,12-14H2,1-5H3,(H,20,21);1H. The van der Waals surface area contributed by atoms with Gasteiger partial charge in [0.15, 0.2) is 5.96 Å². The summed E-state index contributed by atoms with van der Waals surface area (Å²) in [6, 6.07) is 12.4. The molecule has 0 radical (unpaired) electrons. The minimum absolute atomic E-state index is 0. The van der Waals surface area contributed by atoms with Crippen molar-refractivity contribution < 1.29 is 0 Å². The molecule has 1 N–H and O–H groups in total. The van der Waals surface area contributed by atoms with E-state index in [9.17, 15) is 0 Å². The fraction of sp³-hybridized carbons (Fsp3) is 0.474. The third-order valence-corrected chi connectivity index (χ3v) is 3.87. The van der Waals surface area contributed by atoms with E-state index in [-0.39, 0.29) is 24.0 Å². The molecule has 2 rings (SSSR count). The van der Waals surface area contributed by atoms with Crippen LogP contribution in [0.15, 0.2) is 41.4 Å². The molecule has 25 heavy (non-hydrogen) atoms. The Morgan fingerprint density at radius 3 is 2.48 bits per heavy atom. The van der Waals surface area contributed by atoms with Crippen molar-refractivity contribution in [3.63, 3.8) is 0 Å². The van der Waals surface area contributed by atoms with Crippen LogP contribution in [0.1, 0.15) is 23.9 Å². The molecule has 0 aliphatic rings. The molecule has 6 heteroatoms. The van der Waals surface area contributed by atoms with Gasteiger partial charge in [0, 0.05) is 32.9 Å². The molecular weight excluding hydrogens is 425 g/mol. The molecule has 0 bridgehead atoms. The number of guanidine groups is 1. The van der Waals surface area contributed by atoms with Gasteiger partial charge in [-0.15, -0.1) is 24.0 Å². The quantitative estimate of drug-likeness (QED) is 0.412. The van der Waals surface area contributed by atoms with Crippen LogP contribution in [-0.2, 0) is 13.1 Å². The molecule has 1 aromatic carbocycles. The van der Waals surface area contributed by atoms with E-state index in [1.807, 2.05) is 44.1 Å². The zero-order chi connectivity index (χ0) is 17.5. The van der Waals surface area contributed by atoms with Crippen molar-refractivity contribution >= 4 is 29.9 Å². The van der Waals surface area contributed by atoms with Crippen molar-refractivity contribution in [2.24, 2.45) is 10.9 Å². The zero-order valence-corrected chi connectivity index (χ0v) is 18.2. The molecule has 5 nitrogen and oxygen atoms in total. The molecule has 0 aliphatic heterocycles. The molecule has 1 heterocycles. The highest BCUT2D eigenvalue weighted by atomic mass is 127. The summed E-state index contributed by atoms with van der Waals surface area (Å²) in [5, 5.41) is 8.01. The van der Waals surface area contributed by atoms with Gasteiger partial charge in [-0.05, 0) is 31.4 Å². The van der Waals surface area contributed by atoms with Crippen molar-refractivity contribution in [2.75, 3.05) is 20.6 Å². The molecular formula is C19H30IN5. The van der Waals surface area contributed by atoms with Crippen LogP contribution in [0.5, 0.6) is 0 Å². The van der Waals surface area contributed by atoms with E-state index in [0.717, 1.165) is 24.7 Å². The van der Waals surface area contributed by atoms with Gasteiger partial charge in [-0.1, -0.05) is 37.3 Å². The Morgan fingerprint density at radius 1 is 1.24 bits per heavy atom. The van der Waals surface area contributed by atoms with Crippen molar-refractivity contribution in [1.82, 2.24) is 20.0 Å². The number of aliphatic imine (C=N–C) groups is 1. The van der Waals surface area contributed by atoms with Crippen molar-refractivity contribution in [1.29, 1.82) is 0 Å². The fourth-order valence-corrected chi connectivity index (χ4v) is 2.59. The summed E-state index contributed by atoms with van der Waals surface area (Å²) in [5.41, 5.74) is 3.50. The first-order valence-corrected chi connectivity index (χ1v) is 8.46. The fourth-order valence-electron chi connectivity index (χ4n) is 2.59. The molecule has 0 saturated carbocycles. The lowest BCUT2D eigenvalue weighted by molar-refractivity contribution is 0.429. The minimum atomic E-state index is 0.